The molecule has 6 heteroatoms. The summed E-state index contributed by atoms with van der Waals surface area (Å²) in [6, 6.07) is 16.5. The first-order valence-electron chi connectivity index (χ1n) is 8.77. The molecule has 26 heavy (non-hydrogen) atoms. The lowest BCUT2D eigenvalue weighted by atomic mass is 10.0. The Labute approximate surface area is 151 Å². The molecule has 0 spiro atoms. The topological polar surface area (TPSA) is 51.4 Å². The fourth-order valence-corrected chi connectivity index (χ4v) is 3.33. The number of hydrogen-bond donors (Lipinski definition) is 0. The van der Waals surface area contributed by atoms with Crippen LogP contribution in [0.2, 0.25) is 0 Å². The van der Waals surface area contributed by atoms with Gasteiger partial charge in [0.15, 0.2) is 6.61 Å². The van der Waals surface area contributed by atoms with Gasteiger partial charge in [-0.15, -0.1) is 0 Å². The molecule has 0 N–H and O–H groups in total. The molecule has 1 aliphatic heterocycles. The van der Waals surface area contributed by atoms with E-state index in [1.54, 1.807) is 0 Å². The van der Waals surface area contributed by atoms with E-state index in [9.17, 15) is 4.39 Å². The summed E-state index contributed by atoms with van der Waals surface area (Å²) in [5.41, 5.74) is 1.12. The number of nitrogens with zero attached hydrogens (tertiary/aromatic N) is 3. The van der Waals surface area contributed by atoms with Crippen molar-refractivity contribution in [1.29, 1.82) is 0 Å². The van der Waals surface area contributed by atoms with Gasteiger partial charge < -0.3 is 9.26 Å². The lowest BCUT2D eigenvalue weighted by Gasteiger charge is -2.23. The van der Waals surface area contributed by atoms with E-state index in [4.69, 9.17) is 9.26 Å². The molecule has 4 rings (SSSR count). The molecule has 2 heterocycles. The number of benzene rings is 2. The van der Waals surface area contributed by atoms with E-state index in [0.29, 0.717) is 18.3 Å². The Bertz CT molecular complexity index is 836. The van der Waals surface area contributed by atoms with Crippen LogP contribution in [0, 0.1) is 5.82 Å². The molecule has 0 radical (unpaired) electrons. The van der Waals surface area contributed by atoms with Crippen LogP contribution in [0.1, 0.15) is 36.2 Å². The molecule has 0 saturated carbocycles. The maximum Gasteiger partial charge on any atom is 0.240 e. The van der Waals surface area contributed by atoms with Gasteiger partial charge >= 0.3 is 0 Å². The SMILES string of the molecule is Fc1ccc(C2CCCN2Cc2nc(COc3ccccc3)no2)cc1. The minimum atomic E-state index is -0.210. The summed E-state index contributed by atoms with van der Waals surface area (Å²) < 4.78 is 24.2. The second kappa shape index (κ2) is 7.66. The number of halogens is 1. The van der Waals surface area contributed by atoms with Gasteiger partial charge in [0.1, 0.15) is 11.6 Å². The van der Waals surface area contributed by atoms with E-state index in [1.165, 1.54) is 12.1 Å². The Morgan fingerprint density at radius 1 is 1.12 bits per heavy atom. The molecule has 1 aromatic heterocycles. The summed E-state index contributed by atoms with van der Waals surface area (Å²) in [6.45, 7) is 1.82. The minimum absolute atomic E-state index is 0.210. The van der Waals surface area contributed by atoms with Crippen LogP contribution in [0.5, 0.6) is 5.75 Å². The number of aromatic nitrogens is 2. The van der Waals surface area contributed by atoms with Gasteiger partial charge in [-0.2, -0.15) is 4.98 Å². The number of likely N-dealkylation sites (tertiary alicyclic amines) is 1. The van der Waals surface area contributed by atoms with Crippen molar-refractivity contribution in [3.8, 4) is 5.75 Å². The fourth-order valence-electron chi connectivity index (χ4n) is 3.33. The highest BCUT2D eigenvalue weighted by molar-refractivity contribution is 5.22. The molecular formula is C20H20FN3O2. The molecular weight excluding hydrogens is 333 g/mol. The molecule has 1 saturated heterocycles. The number of ether oxygens (including phenoxy) is 1. The van der Waals surface area contributed by atoms with Crippen LogP contribution in [-0.4, -0.2) is 21.6 Å². The zero-order valence-corrected chi connectivity index (χ0v) is 14.3. The Balaban J connectivity index is 1.38. The number of para-hydroxylation sites is 1. The highest BCUT2D eigenvalue weighted by Gasteiger charge is 2.27. The van der Waals surface area contributed by atoms with Crippen molar-refractivity contribution in [1.82, 2.24) is 15.0 Å². The standard InChI is InChI=1S/C20H20FN3O2/c21-16-10-8-15(9-11-16)18-7-4-12-24(18)13-20-22-19(23-26-20)14-25-17-5-2-1-3-6-17/h1-3,5-6,8-11,18H,4,7,12-14H2. The third-order valence-electron chi connectivity index (χ3n) is 4.58. The maximum absolute atomic E-state index is 13.2. The molecule has 5 nitrogen and oxygen atoms in total. The Kier molecular flexibility index (Phi) is 4.93. The molecule has 1 aliphatic rings. The van der Waals surface area contributed by atoms with Crippen molar-refractivity contribution >= 4 is 0 Å². The van der Waals surface area contributed by atoms with Crippen LogP contribution in [0.25, 0.3) is 0 Å². The van der Waals surface area contributed by atoms with Gasteiger partial charge in [0.25, 0.3) is 0 Å². The van der Waals surface area contributed by atoms with E-state index in [2.05, 4.69) is 15.0 Å². The van der Waals surface area contributed by atoms with Gasteiger partial charge in [-0.3, -0.25) is 4.90 Å². The van der Waals surface area contributed by atoms with Gasteiger partial charge in [0, 0.05) is 6.04 Å². The van der Waals surface area contributed by atoms with E-state index < -0.39 is 0 Å². The molecule has 1 atom stereocenters. The largest absolute Gasteiger partial charge is 0.485 e. The van der Waals surface area contributed by atoms with Crippen LogP contribution in [0.3, 0.4) is 0 Å². The van der Waals surface area contributed by atoms with Crippen LogP contribution in [0.4, 0.5) is 4.39 Å². The summed E-state index contributed by atoms with van der Waals surface area (Å²) >= 11 is 0. The average Bonchev–Trinajstić information content (AvgIpc) is 3.31. The predicted molar refractivity (Wildman–Crippen MR) is 93.9 cm³/mol. The number of rotatable bonds is 6. The highest BCUT2D eigenvalue weighted by atomic mass is 19.1. The van der Waals surface area contributed by atoms with E-state index in [1.807, 2.05) is 42.5 Å². The Hall–Kier alpha value is -2.73. The lowest BCUT2D eigenvalue weighted by molar-refractivity contribution is 0.211. The van der Waals surface area contributed by atoms with Gasteiger partial charge in [-0.25, -0.2) is 4.39 Å². The third-order valence-corrected chi connectivity index (χ3v) is 4.58. The maximum atomic E-state index is 13.2. The van der Waals surface area contributed by atoms with Crippen molar-refractivity contribution in [2.24, 2.45) is 0 Å². The van der Waals surface area contributed by atoms with Crippen LogP contribution in [-0.2, 0) is 13.2 Å². The van der Waals surface area contributed by atoms with E-state index in [-0.39, 0.29) is 18.5 Å². The molecule has 0 amide bonds. The molecule has 2 aromatic carbocycles. The van der Waals surface area contributed by atoms with E-state index >= 15 is 0 Å². The number of hydrogen-bond acceptors (Lipinski definition) is 5. The van der Waals surface area contributed by atoms with Gasteiger partial charge in [-0.1, -0.05) is 35.5 Å². The Morgan fingerprint density at radius 3 is 2.73 bits per heavy atom. The second-order valence-electron chi connectivity index (χ2n) is 6.39. The zero-order chi connectivity index (χ0) is 17.8. The van der Waals surface area contributed by atoms with Crippen LogP contribution >= 0.6 is 0 Å². The Morgan fingerprint density at radius 2 is 1.92 bits per heavy atom. The molecule has 1 fully saturated rings. The van der Waals surface area contributed by atoms with Gasteiger partial charge in [0.05, 0.1) is 6.54 Å². The first kappa shape index (κ1) is 16.7. The zero-order valence-electron chi connectivity index (χ0n) is 14.3. The average molecular weight is 353 g/mol. The second-order valence-corrected chi connectivity index (χ2v) is 6.39. The van der Waals surface area contributed by atoms with E-state index in [0.717, 1.165) is 30.7 Å². The van der Waals surface area contributed by atoms with Gasteiger partial charge in [0.2, 0.25) is 11.7 Å². The van der Waals surface area contributed by atoms with Gasteiger partial charge in [-0.05, 0) is 49.2 Å². The van der Waals surface area contributed by atoms with Crippen molar-refractivity contribution in [3.05, 3.63) is 77.7 Å². The van der Waals surface area contributed by atoms with Crippen LogP contribution in [0.15, 0.2) is 59.1 Å². The molecule has 0 aliphatic carbocycles. The summed E-state index contributed by atoms with van der Waals surface area (Å²) in [7, 11) is 0. The minimum Gasteiger partial charge on any atom is -0.485 e. The monoisotopic (exact) mass is 353 g/mol. The summed E-state index contributed by atoms with van der Waals surface area (Å²) in [6.07, 6.45) is 2.14. The fraction of sp³-hybridized carbons (Fsp3) is 0.300. The molecule has 0 bridgehead atoms. The molecule has 3 aromatic rings. The third kappa shape index (κ3) is 3.91. The van der Waals surface area contributed by atoms with Crippen molar-refractivity contribution in [2.45, 2.75) is 32.0 Å². The first-order chi connectivity index (χ1) is 12.8. The predicted octanol–water partition coefficient (Wildman–Crippen LogP) is 4.12. The van der Waals surface area contributed by atoms with Crippen molar-refractivity contribution in [3.63, 3.8) is 0 Å². The molecule has 1 unspecified atom stereocenters. The lowest BCUT2D eigenvalue weighted by Crippen LogP contribution is -2.23. The summed E-state index contributed by atoms with van der Waals surface area (Å²) in [5.74, 6) is 1.67. The quantitative estimate of drug-likeness (QED) is 0.667. The summed E-state index contributed by atoms with van der Waals surface area (Å²) in [4.78, 5) is 6.72. The van der Waals surface area contributed by atoms with Crippen molar-refractivity contribution in [2.75, 3.05) is 6.54 Å². The smallest absolute Gasteiger partial charge is 0.240 e. The normalized spacial score (nSPS) is 17.5. The van der Waals surface area contributed by atoms with Crippen molar-refractivity contribution < 1.29 is 13.7 Å². The van der Waals surface area contributed by atoms with Crippen LogP contribution < -0.4 is 4.74 Å². The summed E-state index contributed by atoms with van der Waals surface area (Å²) in [5, 5.41) is 4.00. The first-order valence-corrected chi connectivity index (χ1v) is 8.77. The highest BCUT2D eigenvalue weighted by Crippen LogP contribution is 2.32. The molecule has 134 valence electrons.